The van der Waals surface area contributed by atoms with Gasteiger partial charge in [-0.25, -0.2) is 0 Å². The summed E-state index contributed by atoms with van der Waals surface area (Å²) >= 11 is 0. The fourth-order valence-electron chi connectivity index (χ4n) is 0.375. The van der Waals surface area contributed by atoms with Crippen molar-refractivity contribution in [3.05, 3.63) is 0 Å². The Bertz CT molecular complexity index is 89.6. The summed E-state index contributed by atoms with van der Waals surface area (Å²) in [7, 11) is 0.225. The summed E-state index contributed by atoms with van der Waals surface area (Å²) in [5.41, 5.74) is 0. The van der Waals surface area contributed by atoms with Gasteiger partial charge in [-0.3, -0.25) is 0 Å². The second-order valence-corrected chi connectivity index (χ2v) is 12.1. The molecule has 0 atom stereocenters. The first-order valence-electron chi connectivity index (χ1n) is 3.50. The molecule has 0 aliphatic carbocycles. The van der Waals surface area contributed by atoms with Gasteiger partial charge in [0.25, 0.3) is 0 Å². The zero-order chi connectivity index (χ0) is 7.71. The average molecular weight is 158 g/mol. The Labute approximate surface area is 62.9 Å². The van der Waals surface area contributed by atoms with Crippen molar-refractivity contribution in [2.45, 2.75) is 44.7 Å². The van der Waals surface area contributed by atoms with E-state index in [1.54, 1.807) is 0 Å². The molecule has 54 valence electrons. The van der Waals surface area contributed by atoms with Crippen molar-refractivity contribution < 1.29 is 0 Å². The van der Waals surface area contributed by atoms with Crippen molar-refractivity contribution >= 4 is 17.6 Å². The molecule has 2 radical (unpaired) electrons. The summed E-state index contributed by atoms with van der Waals surface area (Å²) in [6.45, 7) is 14.5. The molecule has 0 aromatic heterocycles. The summed E-state index contributed by atoms with van der Waals surface area (Å²) in [6.07, 6.45) is 0. The minimum Gasteiger partial charge on any atom is -0.0731 e. The van der Waals surface area contributed by atoms with Crippen LogP contribution < -0.4 is 0 Å². The molecule has 0 spiro atoms. The first-order valence-corrected chi connectivity index (χ1v) is 8.50. The largest absolute Gasteiger partial charge is 0.0731 e. The molecular weight excluding hydrogens is 140 g/mol. The van der Waals surface area contributed by atoms with E-state index < -0.39 is 8.07 Å². The van der Waals surface area contributed by atoms with E-state index in [1.807, 2.05) is 0 Å². The lowest BCUT2D eigenvalue weighted by molar-refractivity contribution is 0.900. The van der Waals surface area contributed by atoms with Crippen LogP contribution in [0, 0.1) is 0 Å². The Balaban J connectivity index is 4.14. The van der Waals surface area contributed by atoms with E-state index in [-0.39, 0.29) is 0 Å². The predicted molar refractivity (Wildman–Crippen MR) is 49.0 cm³/mol. The maximum absolute atomic E-state index is 2.45. The van der Waals surface area contributed by atoms with Gasteiger partial charge in [0.2, 0.25) is 0 Å². The monoisotopic (exact) mass is 158 g/mol. The van der Waals surface area contributed by atoms with E-state index >= 15 is 0 Å². The van der Waals surface area contributed by atoms with E-state index in [4.69, 9.17) is 0 Å². The molecule has 0 saturated carbocycles. The minimum atomic E-state index is -0.872. The fourth-order valence-corrected chi connectivity index (χ4v) is 3.38. The maximum atomic E-state index is 2.45. The molecule has 2 heteroatoms. The third-order valence-corrected chi connectivity index (χ3v) is 10.5. The highest BCUT2D eigenvalue weighted by atomic mass is 28.4. The molecule has 0 aromatic carbocycles. The van der Waals surface area contributed by atoms with Crippen LogP contribution in [0.2, 0.25) is 30.8 Å². The summed E-state index contributed by atoms with van der Waals surface area (Å²) in [6, 6.07) is 0. The minimum absolute atomic E-state index is 0.646. The second-order valence-electron chi connectivity index (χ2n) is 4.12. The Kier molecular flexibility index (Phi) is 2.71. The Morgan fingerprint density at radius 1 is 1.11 bits per heavy atom. The SMILES string of the molecule is C[Si]C(C)(C)[Si](C)(C)C. The van der Waals surface area contributed by atoms with Crippen LogP contribution in [0.4, 0.5) is 0 Å². The van der Waals surface area contributed by atoms with Gasteiger partial charge in [0.15, 0.2) is 0 Å². The van der Waals surface area contributed by atoms with Crippen LogP contribution >= 0.6 is 0 Å². The first kappa shape index (κ1) is 9.43. The van der Waals surface area contributed by atoms with Crippen molar-refractivity contribution in [1.82, 2.24) is 0 Å². The molecule has 0 amide bonds. The lowest BCUT2D eigenvalue weighted by atomic mass is 10.5. The van der Waals surface area contributed by atoms with Crippen LogP contribution in [-0.4, -0.2) is 17.6 Å². The third-order valence-electron chi connectivity index (χ3n) is 2.50. The fraction of sp³-hybridized carbons (Fsp3) is 1.00. The Hall–Kier alpha value is 0.434. The Morgan fingerprint density at radius 3 is 1.44 bits per heavy atom. The molecular formula is C7H18Si2. The normalized spacial score (nSPS) is 14.0. The highest BCUT2D eigenvalue weighted by Crippen LogP contribution is 2.34. The molecule has 0 saturated heterocycles. The molecule has 0 aliphatic rings. The quantitative estimate of drug-likeness (QED) is 0.542. The standard InChI is InChI=1S/C7H18Si2/c1-7(2,8-3)9(4,5)6/h1-6H3. The molecule has 0 nitrogen and oxygen atoms in total. The molecule has 9 heavy (non-hydrogen) atoms. The molecule has 0 unspecified atom stereocenters. The van der Waals surface area contributed by atoms with Gasteiger partial charge in [0, 0.05) is 17.6 Å². The van der Waals surface area contributed by atoms with Crippen LogP contribution in [0.1, 0.15) is 13.8 Å². The van der Waals surface area contributed by atoms with Crippen LogP contribution in [0.15, 0.2) is 0 Å². The molecule has 0 aromatic rings. The van der Waals surface area contributed by atoms with Gasteiger partial charge < -0.3 is 0 Å². The number of hydrogen-bond acceptors (Lipinski definition) is 0. The van der Waals surface area contributed by atoms with Gasteiger partial charge in [-0.15, -0.1) is 0 Å². The second kappa shape index (κ2) is 2.58. The molecule has 0 aliphatic heterocycles. The lowest BCUT2D eigenvalue weighted by Gasteiger charge is -2.35. The molecule has 0 heterocycles. The van der Waals surface area contributed by atoms with E-state index in [9.17, 15) is 0 Å². The Morgan fingerprint density at radius 2 is 1.44 bits per heavy atom. The van der Waals surface area contributed by atoms with E-state index in [0.29, 0.717) is 4.66 Å². The van der Waals surface area contributed by atoms with Gasteiger partial charge in [0.05, 0.1) is 0 Å². The molecule has 0 bridgehead atoms. The molecule has 0 N–H and O–H groups in total. The number of hydrogen-bond donors (Lipinski definition) is 0. The zero-order valence-electron chi connectivity index (χ0n) is 7.50. The number of rotatable bonds is 2. The van der Waals surface area contributed by atoms with Gasteiger partial charge in [-0.1, -0.05) is 40.0 Å². The van der Waals surface area contributed by atoms with Gasteiger partial charge >= 0.3 is 0 Å². The highest BCUT2D eigenvalue weighted by molar-refractivity contribution is 6.87. The molecule has 0 fully saturated rings. The van der Waals surface area contributed by atoms with Crippen LogP contribution in [0.5, 0.6) is 0 Å². The summed E-state index contributed by atoms with van der Waals surface area (Å²) < 4.78 is 0.646. The third kappa shape index (κ3) is 2.26. The maximum Gasteiger partial charge on any atom is 0.0468 e. The van der Waals surface area contributed by atoms with E-state index in [2.05, 4.69) is 40.0 Å². The van der Waals surface area contributed by atoms with Crippen molar-refractivity contribution in [1.29, 1.82) is 0 Å². The van der Waals surface area contributed by atoms with Gasteiger partial charge in [0.1, 0.15) is 0 Å². The average Bonchev–Trinajstić information content (AvgIpc) is 1.64. The predicted octanol–water partition coefficient (Wildman–Crippen LogP) is 2.81. The zero-order valence-corrected chi connectivity index (χ0v) is 9.50. The van der Waals surface area contributed by atoms with Crippen molar-refractivity contribution in [3.63, 3.8) is 0 Å². The topological polar surface area (TPSA) is 0 Å². The first-order chi connectivity index (χ1) is 3.81. The van der Waals surface area contributed by atoms with Crippen molar-refractivity contribution in [2.75, 3.05) is 0 Å². The van der Waals surface area contributed by atoms with Gasteiger partial charge in [-0.2, -0.15) is 0 Å². The van der Waals surface area contributed by atoms with Gasteiger partial charge in [-0.05, 0) is 4.66 Å². The van der Waals surface area contributed by atoms with Crippen molar-refractivity contribution in [3.8, 4) is 0 Å². The summed E-state index contributed by atoms with van der Waals surface area (Å²) in [4.78, 5) is 0. The van der Waals surface area contributed by atoms with Crippen LogP contribution in [0.3, 0.4) is 0 Å². The van der Waals surface area contributed by atoms with E-state index in [0.717, 1.165) is 9.52 Å². The van der Waals surface area contributed by atoms with Crippen molar-refractivity contribution in [2.24, 2.45) is 0 Å². The summed E-state index contributed by atoms with van der Waals surface area (Å²) in [5.74, 6) is 0. The lowest BCUT2D eigenvalue weighted by Crippen LogP contribution is -2.38. The van der Waals surface area contributed by atoms with Crippen LogP contribution in [-0.2, 0) is 0 Å². The highest BCUT2D eigenvalue weighted by Gasteiger charge is 2.32. The van der Waals surface area contributed by atoms with E-state index in [1.165, 1.54) is 0 Å². The van der Waals surface area contributed by atoms with Crippen LogP contribution in [0.25, 0.3) is 0 Å². The summed E-state index contributed by atoms with van der Waals surface area (Å²) in [5, 5.41) is 0. The smallest absolute Gasteiger partial charge is 0.0468 e. The molecule has 0 rings (SSSR count).